The summed E-state index contributed by atoms with van der Waals surface area (Å²) in [5.74, 6) is 0. The van der Waals surface area contributed by atoms with Gasteiger partial charge in [0, 0.05) is 6.20 Å². The van der Waals surface area contributed by atoms with Crippen molar-refractivity contribution >= 4 is 22.4 Å². The normalized spacial score (nSPS) is 12.1. The summed E-state index contributed by atoms with van der Waals surface area (Å²) in [5, 5.41) is -0.619. The van der Waals surface area contributed by atoms with Crippen molar-refractivity contribution in [2.24, 2.45) is 0 Å². The number of rotatable bonds is 3. The fraction of sp³-hybridized carbons (Fsp3) is 0.167. The summed E-state index contributed by atoms with van der Waals surface area (Å²) < 4.78 is 4.52. The van der Waals surface area contributed by atoms with Gasteiger partial charge in [-0.3, -0.25) is 9.59 Å². The van der Waals surface area contributed by atoms with Crippen LogP contribution in [0.4, 0.5) is 0 Å². The van der Waals surface area contributed by atoms with E-state index in [0.717, 1.165) is 6.20 Å². The summed E-state index contributed by atoms with van der Waals surface area (Å²) in [5.41, 5.74) is 0.131. The number of hydrogen-bond donors (Lipinski definition) is 1. The van der Waals surface area contributed by atoms with Gasteiger partial charge in [-0.2, -0.15) is 0 Å². The van der Waals surface area contributed by atoms with Crippen molar-refractivity contribution in [1.29, 1.82) is 0 Å². The second kappa shape index (κ2) is 4.01. The molecule has 0 aromatic carbocycles. The summed E-state index contributed by atoms with van der Waals surface area (Å²) in [6.07, 6.45) is 2.48. The Morgan fingerprint density at radius 3 is 3.00 bits per heavy atom. The van der Waals surface area contributed by atoms with E-state index in [1.165, 1.54) is 6.20 Å². The summed E-state index contributed by atoms with van der Waals surface area (Å²) in [7, 11) is 0. The maximum atomic E-state index is 10.6. The molecule has 64 valence electrons. The average Bonchev–Trinajstić information content (AvgIpc) is 2.06. The highest BCUT2D eigenvalue weighted by Crippen LogP contribution is 2.18. The van der Waals surface area contributed by atoms with Crippen LogP contribution in [0.1, 0.15) is 10.7 Å². The predicted octanol–water partition coefficient (Wildman–Crippen LogP) is 0.336. The Kier molecular flexibility index (Phi) is 2.98. The van der Waals surface area contributed by atoms with Crippen LogP contribution in [0.25, 0.3) is 0 Å². The number of carbonyl (C=O) groups is 1. The highest BCUT2D eigenvalue weighted by atomic mass is 79.9. The molecule has 0 radical (unpaired) electrons. The molecular weight excluding hydrogens is 228 g/mol. The molecule has 0 amide bonds. The zero-order valence-electron chi connectivity index (χ0n) is 5.86. The summed E-state index contributed by atoms with van der Waals surface area (Å²) in [6.45, 7) is 0.298. The lowest BCUT2D eigenvalue weighted by Crippen LogP contribution is -2.08. The molecule has 5 nitrogen and oxygen atoms in total. The van der Waals surface area contributed by atoms with E-state index in [2.05, 4.69) is 30.6 Å². The zero-order chi connectivity index (χ0) is 8.97. The van der Waals surface area contributed by atoms with Gasteiger partial charge < -0.3 is 9.72 Å². The summed E-state index contributed by atoms with van der Waals surface area (Å²) in [4.78, 5) is 26.6. The Morgan fingerprint density at radius 1 is 1.75 bits per heavy atom. The number of halogens is 1. The third kappa shape index (κ3) is 2.16. The molecule has 12 heavy (non-hydrogen) atoms. The number of aromatic amines is 1. The van der Waals surface area contributed by atoms with Crippen LogP contribution >= 0.6 is 15.9 Å². The van der Waals surface area contributed by atoms with Crippen molar-refractivity contribution in [1.82, 2.24) is 9.97 Å². The number of alkyl halides is 1. The Bertz CT molecular complexity index is 304. The first-order chi connectivity index (χ1) is 5.74. The number of nitrogens with zero attached hydrogens (tertiary/aromatic N) is 1. The lowest BCUT2D eigenvalue weighted by molar-refractivity contribution is -0.130. The minimum absolute atomic E-state index is 0.298. The van der Waals surface area contributed by atoms with Crippen molar-refractivity contribution in [2.45, 2.75) is 5.01 Å². The number of ether oxygens (including phenoxy) is 1. The number of aromatic nitrogens is 2. The van der Waals surface area contributed by atoms with Crippen LogP contribution < -0.4 is 5.56 Å². The molecule has 1 N–H and O–H groups in total. The quantitative estimate of drug-likeness (QED) is 0.603. The summed E-state index contributed by atoms with van der Waals surface area (Å²) >= 11 is 3.03. The molecule has 1 aromatic rings. The van der Waals surface area contributed by atoms with E-state index in [1.54, 1.807) is 0 Å². The first-order valence-corrected chi connectivity index (χ1v) is 3.93. The number of hydrogen-bond acceptors (Lipinski definition) is 4. The maximum Gasteiger partial charge on any atom is 0.294 e. The molecule has 1 rings (SSSR count). The van der Waals surface area contributed by atoms with Crippen LogP contribution in [0.2, 0.25) is 0 Å². The average molecular weight is 233 g/mol. The Labute approximate surface area is 75.9 Å². The molecule has 0 spiro atoms. The Hall–Kier alpha value is -1.17. The Balaban J connectivity index is 2.81. The lowest BCUT2D eigenvalue weighted by Gasteiger charge is -2.04. The van der Waals surface area contributed by atoms with Crippen molar-refractivity contribution in [2.75, 3.05) is 0 Å². The SMILES string of the molecule is O=COC(Br)c1c[nH]c(=O)cn1. The highest BCUT2D eigenvalue weighted by Gasteiger charge is 2.07. The van der Waals surface area contributed by atoms with E-state index in [-0.39, 0.29) is 5.56 Å². The molecule has 0 aliphatic carbocycles. The molecule has 1 heterocycles. The van der Waals surface area contributed by atoms with Crippen molar-refractivity contribution in [3.05, 3.63) is 28.4 Å². The van der Waals surface area contributed by atoms with Gasteiger partial charge in [-0.15, -0.1) is 0 Å². The van der Waals surface area contributed by atoms with Gasteiger partial charge in [-0.1, -0.05) is 0 Å². The smallest absolute Gasteiger partial charge is 0.294 e. The van der Waals surface area contributed by atoms with Gasteiger partial charge in [0.15, 0.2) is 5.01 Å². The van der Waals surface area contributed by atoms with Gasteiger partial charge in [0.1, 0.15) is 5.69 Å². The van der Waals surface area contributed by atoms with Gasteiger partial charge in [-0.05, 0) is 15.9 Å². The van der Waals surface area contributed by atoms with Crippen LogP contribution in [0.3, 0.4) is 0 Å². The number of H-pyrrole nitrogens is 1. The molecule has 0 bridgehead atoms. The molecule has 0 saturated heterocycles. The largest absolute Gasteiger partial charge is 0.446 e. The van der Waals surface area contributed by atoms with Crippen LogP contribution in [0.5, 0.6) is 0 Å². The van der Waals surface area contributed by atoms with Gasteiger partial charge in [0.05, 0.1) is 6.20 Å². The first kappa shape index (κ1) is 8.92. The molecule has 0 fully saturated rings. The number of nitrogens with one attached hydrogen (secondary N) is 1. The number of carbonyl (C=O) groups excluding carboxylic acids is 1. The second-order valence-electron chi connectivity index (χ2n) is 1.88. The third-order valence-electron chi connectivity index (χ3n) is 1.10. The molecule has 1 aromatic heterocycles. The topological polar surface area (TPSA) is 72.1 Å². The van der Waals surface area contributed by atoms with Crippen molar-refractivity contribution in [3.8, 4) is 0 Å². The summed E-state index contributed by atoms with van der Waals surface area (Å²) in [6, 6.07) is 0. The minimum atomic E-state index is -0.619. The third-order valence-corrected chi connectivity index (χ3v) is 1.79. The maximum absolute atomic E-state index is 10.6. The second-order valence-corrected chi connectivity index (χ2v) is 2.72. The Morgan fingerprint density at radius 2 is 2.50 bits per heavy atom. The van der Waals surface area contributed by atoms with Gasteiger partial charge in [-0.25, -0.2) is 4.98 Å². The minimum Gasteiger partial charge on any atom is -0.446 e. The van der Waals surface area contributed by atoms with E-state index in [4.69, 9.17) is 0 Å². The van der Waals surface area contributed by atoms with Gasteiger partial charge in [0.25, 0.3) is 12.0 Å². The predicted molar refractivity (Wildman–Crippen MR) is 43.7 cm³/mol. The molecular formula is C6H5BrN2O3. The van der Waals surface area contributed by atoms with E-state index in [1.807, 2.05) is 0 Å². The van der Waals surface area contributed by atoms with Crippen LogP contribution in [0, 0.1) is 0 Å². The monoisotopic (exact) mass is 232 g/mol. The fourth-order valence-electron chi connectivity index (χ4n) is 0.595. The molecule has 1 unspecified atom stereocenters. The van der Waals surface area contributed by atoms with Crippen LogP contribution in [-0.4, -0.2) is 16.4 Å². The fourth-order valence-corrected chi connectivity index (χ4v) is 0.934. The van der Waals surface area contributed by atoms with Crippen LogP contribution in [0.15, 0.2) is 17.2 Å². The van der Waals surface area contributed by atoms with Gasteiger partial charge in [0.2, 0.25) is 0 Å². The van der Waals surface area contributed by atoms with E-state index in [9.17, 15) is 9.59 Å². The molecule has 1 atom stereocenters. The molecule has 0 saturated carbocycles. The standard InChI is InChI=1S/C6H5BrN2O3/c7-6(12-3-10)4-1-9-5(11)2-8-4/h1-3,6H,(H,9,11). The highest BCUT2D eigenvalue weighted by molar-refractivity contribution is 9.09. The zero-order valence-corrected chi connectivity index (χ0v) is 7.45. The first-order valence-electron chi connectivity index (χ1n) is 3.02. The van der Waals surface area contributed by atoms with E-state index >= 15 is 0 Å². The lowest BCUT2D eigenvalue weighted by atomic mass is 10.5. The van der Waals surface area contributed by atoms with E-state index < -0.39 is 5.01 Å². The molecule has 0 aliphatic heterocycles. The van der Waals surface area contributed by atoms with Crippen molar-refractivity contribution < 1.29 is 9.53 Å². The molecule has 6 heteroatoms. The van der Waals surface area contributed by atoms with Crippen molar-refractivity contribution in [3.63, 3.8) is 0 Å². The van der Waals surface area contributed by atoms with Gasteiger partial charge >= 0.3 is 0 Å². The molecule has 0 aliphatic rings. The van der Waals surface area contributed by atoms with Crippen LogP contribution in [-0.2, 0) is 9.53 Å². The van der Waals surface area contributed by atoms with E-state index in [0.29, 0.717) is 12.2 Å².